The van der Waals surface area contributed by atoms with Crippen LogP contribution in [-0.4, -0.2) is 20.3 Å². The largest absolute Gasteiger partial charge is 0.291 e. The molecule has 0 aromatic heterocycles. The number of benzene rings is 2. The van der Waals surface area contributed by atoms with Crippen molar-refractivity contribution in [3.05, 3.63) is 65.7 Å². The minimum atomic E-state index is -3.55. The van der Waals surface area contributed by atoms with Crippen LogP contribution in [0.25, 0.3) is 0 Å². The molecule has 0 spiro atoms. The highest BCUT2D eigenvalue weighted by molar-refractivity contribution is 7.89. The Morgan fingerprint density at radius 1 is 1.09 bits per heavy atom. The molecule has 1 unspecified atom stereocenters. The van der Waals surface area contributed by atoms with Crippen molar-refractivity contribution in [3.63, 3.8) is 0 Å². The first kappa shape index (κ1) is 14.7. The number of nitrogens with zero attached hydrogens (tertiary/aromatic N) is 1. The molecular formula is C16H17N3O2S. The molecule has 0 bridgehead atoms. The minimum Gasteiger partial charge on any atom is -0.291 e. The maximum atomic E-state index is 12.3. The number of hydrogen-bond acceptors (Lipinski definition) is 4. The first-order valence-electron chi connectivity index (χ1n) is 7.01. The van der Waals surface area contributed by atoms with Gasteiger partial charge in [0.25, 0.3) is 0 Å². The standard InChI is InChI=1S/C16H17N3O2S/c1-12-7-9-14(10-8-12)22(20,21)19-16-11-15(17-18-16)13-5-3-2-4-6-13/h2-10,16,18-19H,11H2,1H3. The molecule has 0 fully saturated rings. The van der Waals surface area contributed by atoms with Gasteiger partial charge in [0.05, 0.1) is 10.6 Å². The molecule has 2 aromatic carbocycles. The molecule has 2 N–H and O–H groups in total. The average molecular weight is 315 g/mol. The van der Waals surface area contributed by atoms with Gasteiger partial charge < -0.3 is 0 Å². The Balaban J connectivity index is 1.69. The molecule has 1 aliphatic rings. The van der Waals surface area contributed by atoms with E-state index in [1.165, 1.54) is 0 Å². The van der Waals surface area contributed by atoms with E-state index in [2.05, 4.69) is 15.2 Å². The van der Waals surface area contributed by atoms with Crippen molar-refractivity contribution >= 4 is 15.7 Å². The van der Waals surface area contributed by atoms with E-state index < -0.39 is 16.2 Å². The maximum Gasteiger partial charge on any atom is 0.242 e. The number of hydrogen-bond donors (Lipinski definition) is 2. The summed E-state index contributed by atoms with van der Waals surface area (Å²) in [6.07, 6.45) is 0.0799. The van der Waals surface area contributed by atoms with Crippen molar-refractivity contribution in [3.8, 4) is 0 Å². The van der Waals surface area contributed by atoms with Gasteiger partial charge in [0.2, 0.25) is 10.0 Å². The second-order valence-electron chi connectivity index (χ2n) is 5.24. The molecule has 1 heterocycles. The molecule has 22 heavy (non-hydrogen) atoms. The number of rotatable bonds is 4. The van der Waals surface area contributed by atoms with Crippen molar-refractivity contribution in [2.75, 3.05) is 0 Å². The van der Waals surface area contributed by atoms with E-state index in [0.717, 1.165) is 16.8 Å². The lowest BCUT2D eigenvalue weighted by molar-refractivity contribution is 0.521. The molecule has 0 aliphatic carbocycles. The van der Waals surface area contributed by atoms with Crippen LogP contribution in [0.3, 0.4) is 0 Å². The van der Waals surface area contributed by atoms with E-state index in [-0.39, 0.29) is 4.90 Å². The van der Waals surface area contributed by atoms with Crippen LogP contribution in [0.5, 0.6) is 0 Å². The van der Waals surface area contributed by atoms with Crippen molar-refractivity contribution < 1.29 is 8.42 Å². The summed E-state index contributed by atoms with van der Waals surface area (Å²) >= 11 is 0. The van der Waals surface area contributed by atoms with Crippen molar-refractivity contribution in [2.45, 2.75) is 24.4 Å². The topological polar surface area (TPSA) is 70.6 Å². The molecule has 0 saturated heterocycles. The van der Waals surface area contributed by atoms with Crippen molar-refractivity contribution in [2.24, 2.45) is 5.10 Å². The molecule has 0 saturated carbocycles. The van der Waals surface area contributed by atoms with Gasteiger partial charge in [0.15, 0.2) is 0 Å². The van der Waals surface area contributed by atoms with Gasteiger partial charge in [0.1, 0.15) is 6.17 Å². The highest BCUT2D eigenvalue weighted by atomic mass is 32.2. The lowest BCUT2D eigenvalue weighted by Gasteiger charge is -2.13. The fourth-order valence-corrected chi connectivity index (χ4v) is 3.44. The van der Waals surface area contributed by atoms with Gasteiger partial charge in [-0.3, -0.25) is 5.43 Å². The predicted molar refractivity (Wildman–Crippen MR) is 86.0 cm³/mol. The Hall–Kier alpha value is -2.18. The van der Waals surface area contributed by atoms with Gasteiger partial charge in [-0.05, 0) is 24.6 Å². The fraction of sp³-hybridized carbons (Fsp3) is 0.188. The Bertz CT molecular complexity index is 784. The quantitative estimate of drug-likeness (QED) is 0.906. The van der Waals surface area contributed by atoms with E-state index in [1.807, 2.05) is 37.3 Å². The third-order valence-corrected chi connectivity index (χ3v) is 4.98. The summed E-state index contributed by atoms with van der Waals surface area (Å²) < 4.78 is 27.3. The molecule has 2 aromatic rings. The molecular weight excluding hydrogens is 298 g/mol. The van der Waals surface area contributed by atoms with Gasteiger partial charge >= 0.3 is 0 Å². The number of sulfonamides is 1. The summed E-state index contributed by atoms with van der Waals surface area (Å²) in [5, 5.41) is 4.22. The van der Waals surface area contributed by atoms with Crippen LogP contribution >= 0.6 is 0 Å². The van der Waals surface area contributed by atoms with Gasteiger partial charge in [-0.2, -0.15) is 9.82 Å². The molecule has 1 atom stereocenters. The Morgan fingerprint density at radius 2 is 1.77 bits per heavy atom. The Morgan fingerprint density at radius 3 is 2.45 bits per heavy atom. The van der Waals surface area contributed by atoms with Gasteiger partial charge in [-0.1, -0.05) is 48.0 Å². The van der Waals surface area contributed by atoms with Crippen LogP contribution < -0.4 is 10.1 Å². The molecule has 5 nitrogen and oxygen atoms in total. The molecule has 6 heteroatoms. The summed E-state index contributed by atoms with van der Waals surface area (Å²) in [5.74, 6) is 0. The fourth-order valence-electron chi connectivity index (χ4n) is 2.29. The zero-order valence-corrected chi connectivity index (χ0v) is 13.0. The predicted octanol–water partition coefficient (Wildman–Crippen LogP) is 2.00. The zero-order chi connectivity index (χ0) is 15.6. The normalized spacial score (nSPS) is 17.9. The third-order valence-electron chi connectivity index (χ3n) is 3.49. The SMILES string of the molecule is Cc1ccc(S(=O)(=O)NC2CC(c3ccccc3)=NN2)cc1. The number of aryl methyl sites for hydroxylation is 1. The van der Waals surface area contributed by atoms with Gasteiger partial charge in [-0.25, -0.2) is 8.42 Å². The van der Waals surface area contributed by atoms with E-state index in [4.69, 9.17) is 0 Å². The third kappa shape index (κ3) is 3.18. The van der Waals surface area contributed by atoms with Crippen LogP contribution in [0.2, 0.25) is 0 Å². The van der Waals surface area contributed by atoms with Crippen LogP contribution in [-0.2, 0) is 10.0 Å². The van der Waals surface area contributed by atoms with Gasteiger partial charge in [-0.15, -0.1) is 0 Å². The summed E-state index contributed by atoms with van der Waals surface area (Å²) in [4.78, 5) is 0.257. The van der Waals surface area contributed by atoms with Crippen LogP contribution in [0.1, 0.15) is 17.5 Å². The molecule has 0 radical (unpaired) electrons. The second kappa shape index (κ2) is 5.90. The van der Waals surface area contributed by atoms with Crippen LogP contribution in [0, 0.1) is 6.92 Å². The van der Waals surface area contributed by atoms with E-state index in [0.29, 0.717) is 6.42 Å². The summed E-state index contributed by atoms with van der Waals surface area (Å²) in [7, 11) is -3.55. The molecule has 0 amide bonds. The summed E-state index contributed by atoms with van der Waals surface area (Å²) in [6.45, 7) is 1.92. The highest BCUT2D eigenvalue weighted by Gasteiger charge is 2.25. The van der Waals surface area contributed by atoms with E-state index in [1.54, 1.807) is 24.3 Å². The smallest absolute Gasteiger partial charge is 0.242 e. The van der Waals surface area contributed by atoms with Gasteiger partial charge in [0, 0.05) is 6.42 Å². The van der Waals surface area contributed by atoms with Crippen molar-refractivity contribution in [1.82, 2.24) is 10.1 Å². The highest BCUT2D eigenvalue weighted by Crippen LogP contribution is 2.14. The molecule has 3 rings (SSSR count). The first-order valence-corrected chi connectivity index (χ1v) is 8.49. The maximum absolute atomic E-state index is 12.3. The minimum absolute atomic E-state index is 0.257. The monoisotopic (exact) mass is 315 g/mol. The summed E-state index contributed by atoms with van der Waals surface area (Å²) in [5.41, 5.74) is 5.70. The van der Waals surface area contributed by atoms with E-state index >= 15 is 0 Å². The lowest BCUT2D eigenvalue weighted by Crippen LogP contribution is -2.40. The number of nitrogens with one attached hydrogen (secondary N) is 2. The first-order chi connectivity index (χ1) is 10.5. The number of hydrazone groups is 1. The Labute approximate surface area is 130 Å². The average Bonchev–Trinajstić information content (AvgIpc) is 2.96. The zero-order valence-electron chi connectivity index (χ0n) is 12.2. The van der Waals surface area contributed by atoms with Crippen LogP contribution in [0.4, 0.5) is 0 Å². The van der Waals surface area contributed by atoms with Crippen LogP contribution in [0.15, 0.2) is 64.6 Å². The van der Waals surface area contributed by atoms with E-state index in [9.17, 15) is 8.42 Å². The summed E-state index contributed by atoms with van der Waals surface area (Å²) in [6, 6.07) is 16.5. The van der Waals surface area contributed by atoms with Crippen molar-refractivity contribution in [1.29, 1.82) is 0 Å². The molecule has 1 aliphatic heterocycles. The Kier molecular flexibility index (Phi) is 3.96. The second-order valence-corrected chi connectivity index (χ2v) is 6.96. The lowest BCUT2D eigenvalue weighted by atomic mass is 10.1. The molecule has 114 valence electrons.